The molecule has 1 unspecified atom stereocenters. The van der Waals surface area contributed by atoms with Crippen molar-refractivity contribution in [1.29, 1.82) is 0 Å². The van der Waals surface area contributed by atoms with Crippen molar-refractivity contribution >= 4 is 11.6 Å². The van der Waals surface area contributed by atoms with Gasteiger partial charge < -0.3 is 5.73 Å². The zero-order valence-corrected chi connectivity index (χ0v) is 11.5. The average molecular weight is 265 g/mol. The van der Waals surface area contributed by atoms with Crippen LogP contribution in [0, 0.1) is 5.92 Å². The normalized spacial score (nSPS) is 25.3. The van der Waals surface area contributed by atoms with Crippen LogP contribution in [0.3, 0.4) is 0 Å². The number of piperidine rings is 1. The van der Waals surface area contributed by atoms with Gasteiger partial charge in [0.2, 0.25) is 0 Å². The van der Waals surface area contributed by atoms with Gasteiger partial charge in [0.15, 0.2) is 0 Å². The number of halogens is 1. The van der Waals surface area contributed by atoms with Gasteiger partial charge in [-0.25, -0.2) is 0 Å². The summed E-state index contributed by atoms with van der Waals surface area (Å²) >= 11 is 6.07. The van der Waals surface area contributed by atoms with E-state index in [0.29, 0.717) is 6.04 Å². The number of fused-ring (bicyclic) bond motifs is 1. The van der Waals surface area contributed by atoms with E-state index in [4.69, 9.17) is 17.3 Å². The van der Waals surface area contributed by atoms with E-state index in [2.05, 4.69) is 17.0 Å². The summed E-state index contributed by atoms with van der Waals surface area (Å²) in [4.78, 5) is 2.64. The molecule has 1 aromatic rings. The maximum Gasteiger partial charge on any atom is 0.0408 e. The Balaban J connectivity index is 1.73. The molecule has 3 rings (SSSR count). The molecule has 0 saturated carbocycles. The first-order chi connectivity index (χ1) is 8.78. The van der Waals surface area contributed by atoms with Gasteiger partial charge in [0.25, 0.3) is 0 Å². The van der Waals surface area contributed by atoms with Gasteiger partial charge in [-0.1, -0.05) is 17.7 Å². The van der Waals surface area contributed by atoms with Crippen LogP contribution in [0.4, 0.5) is 0 Å². The van der Waals surface area contributed by atoms with Crippen molar-refractivity contribution in [3.63, 3.8) is 0 Å². The van der Waals surface area contributed by atoms with Gasteiger partial charge in [-0.2, -0.15) is 0 Å². The summed E-state index contributed by atoms with van der Waals surface area (Å²) < 4.78 is 0. The molecule has 1 saturated heterocycles. The van der Waals surface area contributed by atoms with E-state index in [-0.39, 0.29) is 0 Å². The van der Waals surface area contributed by atoms with Crippen LogP contribution in [0.1, 0.15) is 36.4 Å². The summed E-state index contributed by atoms with van der Waals surface area (Å²) in [7, 11) is 0. The molecule has 1 aliphatic heterocycles. The molecule has 2 nitrogen and oxygen atoms in total. The molecule has 98 valence electrons. The first kappa shape index (κ1) is 12.5. The molecule has 1 atom stereocenters. The standard InChI is InChI=1S/C15H21ClN2/c16-13-2-3-14-12(9-13)1-4-15(14)18-7-5-11(10-17)6-8-18/h2-3,9,11,15H,1,4-8,10,17H2. The quantitative estimate of drug-likeness (QED) is 0.890. The van der Waals surface area contributed by atoms with E-state index in [1.807, 2.05) is 6.07 Å². The Hall–Kier alpha value is -0.570. The van der Waals surface area contributed by atoms with E-state index < -0.39 is 0 Å². The van der Waals surface area contributed by atoms with Crippen molar-refractivity contribution in [2.24, 2.45) is 11.7 Å². The molecule has 3 heteroatoms. The van der Waals surface area contributed by atoms with Crippen LogP contribution in [-0.2, 0) is 6.42 Å². The molecule has 0 bridgehead atoms. The molecule has 0 aromatic heterocycles. The van der Waals surface area contributed by atoms with Gasteiger partial charge in [0.05, 0.1) is 0 Å². The van der Waals surface area contributed by atoms with Crippen LogP contribution in [0.2, 0.25) is 5.02 Å². The van der Waals surface area contributed by atoms with Crippen LogP contribution in [0.5, 0.6) is 0 Å². The van der Waals surface area contributed by atoms with Crippen LogP contribution < -0.4 is 5.73 Å². The van der Waals surface area contributed by atoms with E-state index >= 15 is 0 Å². The van der Waals surface area contributed by atoms with E-state index in [0.717, 1.165) is 17.5 Å². The second-order valence-electron chi connectivity index (χ2n) is 5.61. The highest BCUT2D eigenvalue weighted by atomic mass is 35.5. The summed E-state index contributed by atoms with van der Waals surface area (Å²) in [5.41, 5.74) is 8.72. The molecule has 0 amide bonds. The molecule has 0 radical (unpaired) electrons. The highest BCUT2D eigenvalue weighted by molar-refractivity contribution is 6.30. The fraction of sp³-hybridized carbons (Fsp3) is 0.600. The number of nitrogens with two attached hydrogens (primary N) is 1. The Kier molecular flexibility index (Phi) is 3.60. The van der Waals surface area contributed by atoms with E-state index in [1.54, 1.807) is 0 Å². The number of rotatable bonds is 2. The van der Waals surface area contributed by atoms with Gasteiger partial charge in [-0.05, 0) is 74.5 Å². The van der Waals surface area contributed by atoms with Crippen molar-refractivity contribution in [3.05, 3.63) is 34.3 Å². The molecular weight excluding hydrogens is 244 g/mol. The topological polar surface area (TPSA) is 29.3 Å². The Morgan fingerprint density at radius 2 is 2.00 bits per heavy atom. The minimum absolute atomic E-state index is 0.621. The lowest BCUT2D eigenvalue weighted by Gasteiger charge is -2.36. The summed E-state index contributed by atoms with van der Waals surface area (Å²) in [5, 5.41) is 0.872. The zero-order chi connectivity index (χ0) is 12.5. The molecule has 1 heterocycles. The fourth-order valence-corrected chi connectivity index (χ4v) is 3.64. The van der Waals surface area contributed by atoms with Gasteiger partial charge in [0, 0.05) is 11.1 Å². The monoisotopic (exact) mass is 264 g/mol. The summed E-state index contributed by atoms with van der Waals surface area (Å²) in [6.45, 7) is 3.26. The van der Waals surface area contributed by atoms with Crippen molar-refractivity contribution < 1.29 is 0 Å². The number of hydrogen-bond acceptors (Lipinski definition) is 2. The molecule has 0 spiro atoms. The number of likely N-dealkylation sites (tertiary alicyclic amines) is 1. The third-order valence-corrected chi connectivity index (χ3v) is 4.81. The largest absolute Gasteiger partial charge is 0.330 e. The first-order valence-corrected chi connectivity index (χ1v) is 7.38. The van der Waals surface area contributed by atoms with Gasteiger partial charge in [-0.3, -0.25) is 4.90 Å². The average Bonchev–Trinajstić information content (AvgIpc) is 2.81. The van der Waals surface area contributed by atoms with Crippen molar-refractivity contribution in [2.75, 3.05) is 19.6 Å². The lowest BCUT2D eigenvalue weighted by Crippen LogP contribution is -2.37. The molecule has 2 aliphatic rings. The lowest BCUT2D eigenvalue weighted by molar-refractivity contribution is 0.134. The molecular formula is C15H21ClN2. The Morgan fingerprint density at radius 1 is 1.22 bits per heavy atom. The van der Waals surface area contributed by atoms with Crippen LogP contribution in [0.25, 0.3) is 0 Å². The molecule has 1 aromatic carbocycles. The summed E-state index contributed by atoms with van der Waals surface area (Å²) in [6, 6.07) is 7.02. The predicted molar refractivity (Wildman–Crippen MR) is 75.9 cm³/mol. The van der Waals surface area contributed by atoms with Gasteiger partial charge in [0.1, 0.15) is 0 Å². The molecule has 2 N–H and O–H groups in total. The van der Waals surface area contributed by atoms with Crippen LogP contribution >= 0.6 is 11.6 Å². The number of benzene rings is 1. The van der Waals surface area contributed by atoms with Crippen molar-refractivity contribution in [1.82, 2.24) is 4.90 Å². The summed E-state index contributed by atoms with van der Waals surface area (Å²) in [6.07, 6.45) is 4.95. The zero-order valence-electron chi connectivity index (χ0n) is 10.7. The third kappa shape index (κ3) is 2.29. The molecule has 1 aliphatic carbocycles. The molecule has 1 fully saturated rings. The van der Waals surface area contributed by atoms with E-state index in [1.165, 1.54) is 49.9 Å². The second kappa shape index (κ2) is 5.20. The summed E-state index contributed by atoms with van der Waals surface area (Å²) in [5.74, 6) is 0.743. The predicted octanol–water partition coefficient (Wildman–Crippen LogP) is 3.00. The first-order valence-electron chi connectivity index (χ1n) is 7.00. The highest BCUT2D eigenvalue weighted by Gasteiger charge is 2.30. The minimum Gasteiger partial charge on any atom is -0.330 e. The fourth-order valence-electron chi connectivity index (χ4n) is 3.44. The maximum absolute atomic E-state index is 6.07. The third-order valence-electron chi connectivity index (χ3n) is 4.57. The maximum atomic E-state index is 6.07. The Bertz CT molecular complexity index is 425. The van der Waals surface area contributed by atoms with Gasteiger partial charge >= 0.3 is 0 Å². The van der Waals surface area contributed by atoms with Crippen LogP contribution in [0.15, 0.2) is 18.2 Å². The smallest absolute Gasteiger partial charge is 0.0408 e. The Morgan fingerprint density at radius 3 is 2.72 bits per heavy atom. The number of nitrogens with zero attached hydrogens (tertiary/aromatic N) is 1. The number of aryl methyl sites for hydroxylation is 1. The van der Waals surface area contributed by atoms with Crippen molar-refractivity contribution in [3.8, 4) is 0 Å². The number of hydrogen-bond donors (Lipinski definition) is 1. The van der Waals surface area contributed by atoms with E-state index in [9.17, 15) is 0 Å². The van der Waals surface area contributed by atoms with Crippen LogP contribution in [-0.4, -0.2) is 24.5 Å². The minimum atomic E-state index is 0.621. The highest BCUT2D eigenvalue weighted by Crippen LogP contribution is 2.38. The van der Waals surface area contributed by atoms with Crippen molar-refractivity contribution in [2.45, 2.75) is 31.7 Å². The lowest BCUT2D eigenvalue weighted by atomic mass is 9.95. The molecule has 18 heavy (non-hydrogen) atoms. The second-order valence-corrected chi connectivity index (χ2v) is 6.05. The SMILES string of the molecule is NCC1CCN(C2CCc3cc(Cl)ccc32)CC1. The van der Waals surface area contributed by atoms with Gasteiger partial charge in [-0.15, -0.1) is 0 Å². The Labute approximate surface area is 114 Å².